The van der Waals surface area contributed by atoms with Crippen LogP contribution in [0.1, 0.15) is 6.42 Å². The number of anilines is 2. The molecule has 2 rings (SSSR count). The molecular weight excluding hydrogens is 258 g/mol. The summed E-state index contributed by atoms with van der Waals surface area (Å²) in [6, 6.07) is 0. The van der Waals surface area contributed by atoms with Gasteiger partial charge in [0, 0.05) is 32.9 Å². The minimum atomic E-state index is 0.260. The van der Waals surface area contributed by atoms with Crippen LogP contribution in [0.4, 0.5) is 11.9 Å². The van der Waals surface area contributed by atoms with E-state index in [9.17, 15) is 0 Å². The van der Waals surface area contributed by atoms with Gasteiger partial charge in [0.25, 0.3) is 0 Å². The Bertz CT molecular complexity index is 379. The monoisotopic (exact) mass is 273 g/mol. The van der Waals surface area contributed by atoms with Gasteiger partial charge in [-0.05, 0) is 23.8 Å². The molecule has 0 unspecified atom stereocenters. The number of halogens is 1. The first-order valence-corrected chi connectivity index (χ1v) is 7.11. The molecule has 0 amide bonds. The molecule has 1 aromatic heterocycles. The zero-order valence-corrected chi connectivity index (χ0v) is 11.6. The Kier molecular flexibility index (Phi) is 4.28. The van der Waals surface area contributed by atoms with E-state index >= 15 is 0 Å². The van der Waals surface area contributed by atoms with Gasteiger partial charge in [0.05, 0.1) is 0 Å². The first-order valence-electron chi connectivity index (χ1n) is 5.58. The summed E-state index contributed by atoms with van der Waals surface area (Å²) >= 11 is 7.91. The normalized spacial score (nSPS) is 16.8. The Hall–Kier alpha value is -0.750. The van der Waals surface area contributed by atoms with E-state index in [2.05, 4.69) is 19.9 Å². The Morgan fingerprint density at radius 2 is 2.00 bits per heavy atom. The van der Waals surface area contributed by atoms with Crippen LogP contribution in [0.3, 0.4) is 0 Å². The third kappa shape index (κ3) is 3.35. The lowest BCUT2D eigenvalue weighted by Gasteiger charge is -2.21. The predicted molar refractivity (Wildman–Crippen MR) is 73.3 cm³/mol. The highest BCUT2D eigenvalue weighted by Crippen LogP contribution is 2.18. The van der Waals surface area contributed by atoms with E-state index in [0.717, 1.165) is 25.3 Å². The summed E-state index contributed by atoms with van der Waals surface area (Å²) in [6.07, 6.45) is 1.16. The molecule has 0 spiro atoms. The molecule has 7 heteroatoms. The minimum absolute atomic E-state index is 0.260. The average molecular weight is 274 g/mol. The van der Waals surface area contributed by atoms with E-state index in [0.29, 0.717) is 11.9 Å². The second-order valence-electron chi connectivity index (χ2n) is 4.05. The number of rotatable bonds is 2. The molecule has 0 atom stereocenters. The predicted octanol–water partition coefficient (Wildman–Crippen LogP) is 1.53. The second kappa shape index (κ2) is 5.73. The molecule has 0 saturated carbocycles. The van der Waals surface area contributed by atoms with Crippen LogP contribution in [-0.2, 0) is 0 Å². The van der Waals surface area contributed by atoms with Crippen LogP contribution in [0.5, 0.6) is 0 Å². The van der Waals surface area contributed by atoms with Crippen molar-refractivity contribution in [3.8, 4) is 0 Å². The highest BCUT2D eigenvalue weighted by molar-refractivity contribution is 7.99. The van der Waals surface area contributed by atoms with Gasteiger partial charge in [0.1, 0.15) is 0 Å². The Morgan fingerprint density at radius 3 is 2.76 bits per heavy atom. The first-order chi connectivity index (χ1) is 8.16. The van der Waals surface area contributed by atoms with Crippen molar-refractivity contribution in [2.45, 2.75) is 6.42 Å². The lowest BCUT2D eigenvalue weighted by atomic mass is 10.4. The SMILES string of the molecule is CN(C)c1nc(Cl)nc(N2CCCSCC2)n1. The van der Waals surface area contributed by atoms with Crippen LogP contribution in [0.2, 0.25) is 5.28 Å². The molecule has 5 nitrogen and oxygen atoms in total. The molecule has 0 bridgehead atoms. The first kappa shape index (κ1) is 12.7. The number of nitrogens with zero attached hydrogens (tertiary/aromatic N) is 5. The molecule has 0 N–H and O–H groups in total. The van der Waals surface area contributed by atoms with Crippen LogP contribution < -0.4 is 9.80 Å². The fourth-order valence-corrected chi connectivity index (χ4v) is 2.65. The maximum Gasteiger partial charge on any atom is 0.231 e. The third-order valence-corrected chi connectivity index (χ3v) is 3.71. The zero-order chi connectivity index (χ0) is 12.3. The molecule has 17 heavy (non-hydrogen) atoms. The van der Waals surface area contributed by atoms with Crippen molar-refractivity contribution in [2.75, 3.05) is 48.5 Å². The molecular formula is C10H16ClN5S. The van der Waals surface area contributed by atoms with Gasteiger partial charge in [0.2, 0.25) is 17.2 Å². The van der Waals surface area contributed by atoms with Crippen molar-refractivity contribution in [2.24, 2.45) is 0 Å². The Morgan fingerprint density at radius 1 is 1.18 bits per heavy atom. The molecule has 94 valence electrons. The number of aromatic nitrogens is 3. The third-order valence-electron chi connectivity index (χ3n) is 2.49. The molecule has 1 aliphatic rings. The van der Waals surface area contributed by atoms with Crippen LogP contribution in [0, 0.1) is 0 Å². The number of hydrogen-bond donors (Lipinski definition) is 0. The smallest absolute Gasteiger partial charge is 0.231 e. The second-order valence-corrected chi connectivity index (χ2v) is 5.61. The Labute approximate surface area is 111 Å². The van der Waals surface area contributed by atoms with Crippen molar-refractivity contribution in [3.63, 3.8) is 0 Å². The van der Waals surface area contributed by atoms with Gasteiger partial charge in [-0.3, -0.25) is 0 Å². The van der Waals surface area contributed by atoms with Gasteiger partial charge in [-0.15, -0.1) is 0 Å². The molecule has 0 radical (unpaired) electrons. The summed E-state index contributed by atoms with van der Waals surface area (Å²) in [5, 5.41) is 0.260. The van der Waals surface area contributed by atoms with Crippen molar-refractivity contribution >= 4 is 35.3 Å². The fraction of sp³-hybridized carbons (Fsp3) is 0.700. The highest BCUT2D eigenvalue weighted by atomic mass is 35.5. The fourth-order valence-electron chi connectivity index (χ4n) is 1.62. The average Bonchev–Trinajstić information content (AvgIpc) is 2.56. The topological polar surface area (TPSA) is 45.2 Å². The summed E-state index contributed by atoms with van der Waals surface area (Å²) < 4.78 is 0. The lowest BCUT2D eigenvalue weighted by molar-refractivity contribution is 0.773. The van der Waals surface area contributed by atoms with E-state index in [1.54, 1.807) is 0 Å². The quantitative estimate of drug-likeness (QED) is 0.814. The molecule has 1 aliphatic heterocycles. The van der Waals surface area contributed by atoms with Gasteiger partial charge in [-0.2, -0.15) is 26.7 Å². The van der Waals surface area contributed by atoms with Gasteiger partial charge in [-0.1, -0.05) is 0 Å². The summed E-state index contributed by atoms with van der Waals surface area (Å²) in [4.78, 5) is 16.8. The van der Waals surface area contributed by atoms with Crippen molar-refractivity contribution in [1.82, 2.24) is 15.0 Å². The van der Waals surface area contributed by atoms with Crippen molar-refractivity contribution in [1.29, 1.82) is 0 Å². The summed E-state index contributed by atoms with van der Waals surface area (Å²) in [7, 11) is 3.79. The molecule has 0 aromatic carbocycles. The molecule has 1 aromatic rings. The lowest BCUT2D eigenvalue weighted by Crippen LogP contribution is -2.28. The van der Waals surface area contributed by atoms with E-state index in [1.165, 1.54) is 5.75 Å². The standard InChI is InChI=1S/C10H16ClN5S/c1-15(2)9-12-8(11)13-10(14-9)16-4-3-6-17-7-5-16/h3-7H2,1-2H3. The number of hydrogen-bond acceptors (Lipinski definition) is 6. The van der Waals surface area contributed by atoms with E-state index in [1.807, 2.05) is 30.8 Å². The van der Waals surface area contributed by atoms with Gasteiger partial charge in [0.15, 0.2) is 0 Å². The van der Waals surface area contributed by atoms with E-state index < -0.39 is 0 Å². The van der Waals surface area contributed by atoms with Crippen molar-refractivity contribution in [3.05, 3.63) is 5.28 Å². The zero-order valence-electron chi connectivity index (χ0n) is 10.1. The minimum Gasteiger partial charge on any atom is -0.347 e. The Balaban J connectivity index is 2.23. The largest absolute Gasteiger partial charge is 0.347 e. The van der Waals surface area contributed by atoms with Gasteiger partial charge < -0.3 is 9.80 Å². The summed E-state index contributed by atoms with van der Waals surface area (Å²) in [5.41, 5.74) is 0. The van der Waals surface area contributed by atoms with Crippen LogP contribution in [0.25, 0.3) is 0 Å². The number of thioether (sulfide) groups is 1. The summed E-state index contributed by atoms with van der Waals surface area (Å²) in [6.45, 7) is 1.96. The van der Waals surface area contributed by atoms with Crippen molar-refractivity contribution < 1.29 is 0 Å². The van der Waals surface area contributed by atoms with E-state index in [-0.39, 0.29) is 5.28 Å². The summed E-state index contributed by atoms with van der Waals surface area (Å²) in [5.74, 6) is 3.62. The van der Waals surface area contributed by atoms with Gasteiger partial charge >= 0.3 is 0 Å². The highest BCUT2D eigenvalue weighted by Gasteiger charge is 2.15. The van der Waals surface area contributed by atoms with Crippen LogP contribution >= 0.6 is 23.4 Å². The molecule has 1 fully saturated rings. The molecule has 1 saturated heterocycles. The van der Waals surface area contributed by atoms with Crippen LogP contribution in [0.15, 0.2) is 0 Å². The maximum absolute atomic E-state index is 5.93. The van der Waals surface area contributed by atoms with E-state index in [4.69, 9.17) is 11.6 Å². The maximum atomic E-state index is 5.93. The van der Waals surface area contributed by atoms with Gasteiger partial charge in [-0.25, -0.2) is 0 Å². The molecule has 2 heterocycles. The van der Waals surface area contributed by atoms with Crippen LogP contribution in [-0.4, -0.2) is 53.6 Å². The molecule has 0 aliphatic carbocycles.